The summed E-state index contributed by atoms with van der Waals surface area (Å²) in [6.45, 7) is 5.53. The molecule has 15 heavy (non-hydrogen) atoms. The summed E-state index contributed by atoms with van der Waals surface area (Å²) in [6.07, 6.45) is 1.03. The standard InChI is InChI=1S/C12H18BrNO/c1-3-7-15-8-12(14)10-5-4-6-11(13)9(10)2/h4-6,12H,3,7-8,14H2,1-2H3. The average molecular weight is 272 g/mol. The fraction of sp³-hybridized carbons (Fsp3) is 0.500. The van der Waals surface area contributed by atoms with Crippen molar-refractivity contribution in [2.45, 2.75) is 26.3 Å². The molecular weight excluding hydrogens is 254 g/mol. The van der Waals surface area contributed by atoms with E-state index in [-0.39, 0.29) is 6.04 Å². The van der Waals surface area contributed by atoms with E-state index in [4.69, 9.17) is 10.5 Å². The third-order valence-electron chi connectivity index (χ3n) is 2.35. The third kappa shape index (κ3) is 3.59. The van der Waals surface area contributed by atoms with Gasteiger partial charge in [0.2, 0.25) is 0 Å². The fourth-order valence-corrected chi connectivity index (χ4v) is 1.85. The van der Waals surface area contributed by atoms with Gasteiger partial charge in [0.05, 0.1) is 12.6 Å². The van der Waals surface area contributed by atoms with Crippen LogP contribution in [0.3, 0.4) is 0 Å². The van der Waals surface area contributed by atoms with Crippen LogP contribution in [0.4, 0.5) is 0 Å². The zero-order valence-corrected chi connectivity index (χ0v) is 10.9. The maximum absolute atomic E-state index is 6.06. The largest absolute Gasteiger partial charge is 0.379 e. The van der Waals surface area contributed by atoms with Crippen molar-refractivity contribution >= 4 is 15.9 Å². The van der Waals surface area contributed by atoms with Gasteiger partial charge in [0.15, 0.2) is 0 Å². The van der Waals surface area contributed by atoms with Crippen LogP contribution in [-0.2, 0) is 4.74 Å². The number of ether oxygens (including phenoxy) is 1. The number of halogens is 1. The number of hydrogen-bond donors (Lipinski definition) is 1. The fourth-order valence-electron chi connectivity index (χ4n) is 1.47. The molecule has 0 spiro atoms. The minimum absolute atomic E-state index is 0.0333. The lowest BCUT2D eigenvalue weighted by molar-refractivity contribution is 0.121. The molecule has 1 atom stereocenters. The van der Waals surface area contributed by atoms with Crippen molar-refractivity contribution in [3.63, 3.8) is 0 Å². The van der Waals surface area contributed by atoms with E-state index in [1.807, 2.05) is 12.1 Å². The van der Waals surface area contributed by atoms with Gasteiger partial charge in [0.1, 0.15) is 0 Å². The molecule has 2 N–H and O–H groups in total. The molecule has 3 heteroatoms. The molecule has 0 heterocycles. The number of nitrogens with two attached hydrogens (primary N) is 1. The molecule has 0 aliphatic rings. The van der Waals surface area contributed by atoms with Crippen LogP contribution in [-0.4, -0.2) is 13.2 Å². The Morgan fingerprint density at radius 1 is 1.47 bits per heavy atom. The molecule has 0 saturated heterocycles. The average Bonchev–Trinajstić information content (AvgIpc) is 2.22. The second-order valence-electron chi connectivity index (χ2n) is 3.64. The van der Waals surface area contributed by atoms with Gasteiger partial charge in [-0.3, -0.25) is 0 Å². The first-order valence-corrected chi connectivity index (χ1v) is 6.04. The van der Waals surface area contributed by atoms with Crippen LogP contribution in [0.2, 0.25) is 0 Å². The van der Waals surface area contributed by atoms with Crippen molar-refractivity contribution in [2.75, 3.05) is 13.2 Å². The molecule has 0 bridgehead atoms. The summed E-state index contributed by atoms with van der Waals surface area (Å²) in [5.74, 6) is 0. The van der Waals surface area contributed by atoms with Gasteiger partial charge in [-0.1, -0.05) is 35.0 Å². The molecule has 0 aliphatic carbocycles. The summed E-state index contributed by atoms with van der Waals surface area (Å²) < 4.78 is 6.56. The lowest BCUT2D eigenvalue weighted by Crippen LogP contribution is -2.18. The Labute approximate surface area is 99.9 Å². The molecule has 0 amide bonds. The summed E-state index contributed by atoms with van der Waals surface area (Å²) >= 11 is 3.50. The van der Waals surface area contributed by atoms with Crippen molar-refractivity contribution in [2.24, 2.45) is 5.73 Å². The van der Waals surface area contributed by atoms with E-state index in [0.29, 0.717) is 6.61 Å². The smallest absolute Gasteiger partial charge is 0.0659 e. The van der Waals surface area contributed by atoms with Crippen molar-refractivity contribution < 1.29 is 4.74 Å². The Bertz CT molecular complexity index is 314. The first-order chi connectivity index (χ1) is 7.16. The summed E-state index contributed by atoms with van der Waals surface area (Å²) in [6, 6.07) is 6.05. The second-order valence-corrected chi connectivity index (χ2v) is 4.49. The lowest BCUT2D eigenvalue weighted by atomic mass is 10.0. The highest BCUT2D eigenvalue weighted by molar-refractivity contribution is 9.10. The van der Waals surface area contributed by atoms with Crippen LogP contribution in [0.15, 0.2) is 22.7 Å². The van der Waals surface area contributed by atoms with Crippen LogP contribution in [0, 0.1) is 6.92 Å². The Kier molecular flexibility index (Phi) is 5.29. The monoisotopic (exact) mass is 271 g/mol. The molecular formula is C12H18BrNO. The van der Waals surface area contributed by atoms with Gasteiger partial charge < -0.3 is 10.5 Å². The van der Waals surface area contributed by atoms with Crippen molar-refractivity contribution in [1.82, 2.24) is 0 Å². The zero-order valence-electron chi connectivity index (χ0n) is 9.29. The van der Waals surface area contributed by atoms with E-state index in [0.717, 1.165) is 23.1 Å². The van der Waals surface area contributed by atoms with Gasteiger partial charge in [-0.05, 0) is 30.5 Å². The van der Waals surface area contributed by atoms with Crippen LogP contribution in [0.5, 0.6) is 0 Å². The topological polar surface area (TPSA) is 35.2 Å². The highest BCUT2D eigenvalue weighted by Gasteiger charge is 2.10. The quantitative estimate of drug-likeness (QED) is 0.835. The van der Waals surface area contributed by atoms with E-state index in [1.54, 1.807) is 0 Å². The molecule has 0 fully saturated rings. The molecule has 0 aliphatic heterocycles. The van der Waals surface area contributed by atoms with Gasteiger partial charge in [-0.15, -0.1) is 0 Å². The number of benzene rings is 1. The highest BCUT2D eigenvalue weighted by atomic mass is 79.9. The van der Waals surface area contributed by atoms with E-state index < -0.39 is 0 Å². The predicted octanol–water partition coefficient (Wildman–Crippen LogP) is 3.18. The number of hydrogen-bond acceptors (Lipinski definition) is 2. The molecule has 1 rings (SSSR count). The predicted molar refractivity (Wildman–Crippen MR) is 66.9 cm³/mol. The van der Waals surface area contributed by atoms with Crippen molar-refractivity contribution in [1.29, 1.82) is 0 Å². The summed E-state index contributed by atoms with van der Waals surface area (Å²) in [5, 5.41) is 0. The van der Waals surface area contributed by atoms with Crippen LogP contribution < -0.4 is 5.73 Å². The molecule has 0 saturated carbocycles. The van der Waals surface area contributed by atoms with Crippen LogP contribution in [0.25, 0.3) is 0 Å². The summed E-state index contributed by atoms with van der Waals surface area (Å²) in [5.41, 5.74) is 8.41. The lowest BCUT2D eigenvalue weighted by Gasteiger charge is -2.15. The zero-order chi connectivity index (χ0) is 11.3. The van der Waals surface area contributed by atoms with Crippen LogP contribution in [0.1, 0.15) is 30.5 Å². The maximum atomic E-state index is 6.06. The highest BCUT2D eigenvalue weighted by Crippen LogP contribution is 2.23. The molecule has 1 aromatic rings. The Morgan fingerprint density at radius 2 is 2.20 bits per heavy atom. The molecule has 0 radical (unpaired) electrons. The van der Waals surface area contributed by atoms with Gasteiger partial charge in [-0.2, -0.15) is 0 Å². The molecule has 1 aromatic carbocycles. The Hall–Kier alpha value is -0.380. The maximum Gasteiger partial charge on any atom is 0.0659 e. The molecule has 0 aromatic heterocycles. The Morgan fingerprint density at radius 3 is 2.87 bits per heavy atom. The molecule has 1 unspecified atom stereocenters. The first kappa shape index (κ1) is 12.7. The van der Waals surface area contributed by atoms with Crippen molar-refractivity contribution in [3.05, 3.63) is 33.8 Å². The van der Waals surface area contributed by atoms with Crippen molar-refractivity contribution in [3.8, 4) is 0 Å². The third-order valence-corrected chi connectivity index (χ3v) is 3.21. The Balaban J connectivity index is 2.65. The van der Waals surface area contributed by atoms with E-state index in [2.05, 4.69) is 35.8 Å². The van der Waals surface area contributed by atoms with E-state index >= 15 is 0 Å². The summed E-state index contributed by atoms with van der Waals surface area (Å²) in [4.78, 5) is 0. The van der Waals surface area contributed by atoms with Gasteiger partial charge >= 0.3 is 0 Å². The van der Waals surface area contributed by atoms with E-state index in [1.165, 1.54) is 5.56 Å². The molecule has 2 nitrogen and oxygen atoms in total. The van der Waals surface area contributed by atoms with Gasteiger partial charge in [-0.25, -0.2) is 0 Å². The minimum Gasteiger partial charge on any atom is -0.379 e. The first-order valence-electron chi connectivity index (χ1n) is 5.25. The van der Waals surface area contributed by atoms with Gasteiger partial charge in [0.25, 0.3) is 0 Å². The van der Waals surface area contributed by atoms with Gasteiger partial charge in [0, 0.05) is 11.1 Å². The minimum atomic E-state index is -0.0333. The molecule has 84 valence electrons. The summed E-state index contributed by atoms with van der Waals surface area (Å²) in [7, 11) is 0. The number of rotatable bonds is 5. The van der Waals surface area contributed by atoms with E-state index in [9.17, 15) is 0 Å². The van der Waals surface area contributed by atoms with Crippen LogP contribution >= 0.6 is 15.9 Å². The normalized spacial score (nSPS) is 12.8. The SMILES string of the molecule is CCCOCC(N)c1cccc(Br)c1C. The second kappa shape index (κ2) is 6.26.